The van der Waals surface area contributed by atoms with Crippen molar-refractivity contribution in [2.24, 2.45) is 0 Å². The van der Waals surface area contributed by atoms with Crippen molar-refractivity contribution in [2.75, 3.05) is 12.8 Å². The molecule has 1 aromatic carbocycles. The fourth-order valence-corrected chi connectivity index (χ4v) is 2.78. The smallest absolute Gasteiger partial charge is 0.279 e. The van der Waals surface area contributed by atoms with Crippen molar-refractivity contribution in [1.82, 2.24) is 9.03 Å². The van der Waals surface area contributed by atoms with Crippen LogP contribution in [-0.4, -0.2) is 25.8 Å². The van der Waals surface area contributed by atoms with Gasteiger partial charge in [0.15, 0.2) is 0 Å². The Hall–Kier alpha value is -1.11. The van der Waals surface area contributed by atoms with Crippen LogP contribution in [0.1, 0.15) is 32.4 Å². The van der Waals surface area contributed by atoms with Gasteiger partial charge in [0.05, 0.1) is 0 Å². The minimum atomic E-state index is -3.48. The van der Waals surface area contributed by atoms with E-state index in [0.717, 1.165) is 5.56 Å². The third-order valence-corrected chi connectivity index (χ3v) is 4.67. The molecule has 3 N–H and O–H groups in total. The molecular formula is C12H21N3O2S. The summed E-state index contributed by atoms with van der Waals surface area (Å²) >= 11 is 0. The molecule has 5 nitrogen and oxygen atoms in total. The molecule has 6 heteroatoms. The fraction of sp³-hybridized carbons (Fsp3) is 0.500. The van der Waals surface area contributed by atoms with Crippen LogP contribution >= 0.6 is 0 Å². The molecule has 1 unspecified atom stereocenters. The maximum absolute atomic E-state index is 12.0. The van der Waals surface area contributed by atoms with E-state index in [1.54, 1.807) is 26.1 Å². The lowest BCUT2D eigenvalue weighted by atomic mass is 10.1. The largest absolute Gasteiger partial charge is 0.399 e. The van der Waals surface area contributed by atoms with E-state index in [0.29, 0.717) is 5.69 Å². The Labute approximate surface area is 109 Å². The van der Waals surface area contributed by atoms with Gasteiger partial charge in [-0.05, 0) is 38.5 Å². The molecule has 0 aliphatic rings. The van der Waals surface area contributed by atoms with Gasteiger partial charge in [-0.1, -0.05) is 12.1 Å². The van der Waals surface area contributed by atoms with Crippen LogP contribution in [0.2, 0.25) is 0 Å². The standard InChI is InChI=1S/C12H21N3O2S/c1-9(2)15(4)18(16,17)14-10(3)11-6-5-7-12(13)8-11/h5-10,14H,13H2,1-4H3. The van der Waals surface area contributed by atoms with Crippen LogP contribution in [0.5, 0.6) is 0 Å². The molecule has 18 heavy (non-hydrogen) atoms. The van der Waals surface area contributed by atoms with E-state index >= 15 is 0 Å². The van der Waals surface area contributed by atoms with Crippen molar-refractivity contribution in [1.29, 1.82) is 0 Å². The number of rotatable bonds is 5. The first-order valence-electron chi connectivity index (χ1n) is 5.84. The minimum Gasteiger partial charge on any atom is -0.399 e. The highest BCUT2D eigenvalue weighted by atomic mass is 32.2. The molecule has 1 rings (SSSR count). The van der Waals surface area contributed by atoms with E-state index < -0.39 is 10.2 Å². The molecule has 0 saturated carbocycles. The van der Waals surface area contributed by atoms with Crippen LogP contribution in [0.3, 0.4) is 0 Å². The lowest BCUT2D eigenvalue weighted by molar-refractivity contribution is 0.398. The van der Waals surface area contributed by atoms with Crippen molar-refractivity contribution in [3.05, 3.63) is 29.8 Å². The van der Waals surface area contributed by atoms with Crippen LogP contribution in [0.4, 0.5) is 5.69 Å². The van der Waals surface area contributed by atoms with E-state index in [1.807, 2.05) is 26.0 Å². The topological polar surface area (TPSA) is 75.4 Å². The van der Waals surface area contributed by atoms with Gasteiger partial charge in [-0.3, -0.25) is 0 Å². The zero-order valence-corrected chi connectivity index (χ0v) is 12.0. The van der Waals surface area contributed by atoms with Crippen molar-refractivity contribution in [3.8, 4) is 0 Å². The summed E-state index contributed by atoms with van der Waals surface area (Å²) in [6, 6.07) is 6.78. The number of nitrogens with one attached hydrogen (secondary N) is 1. The zero-order valence-electron chi connectivity index (χ0n) is 11.2. The second-order valence-corrected chi connectivity index (χ2v) is 6.39. The molecule has 0 heterocycles. The first-order valence-corrected chi connectivity index (χ1v) is 7.28. The van der Waals surface area contributed by atoms with Gasteiger partial charge in [-0.15, -0.1) is 0 Å². The fourth-order valence-electron chi connectivity index (χ4n) is 1.48. The first kappa shape index (κ1) is 14.9. The monoisotopic (exact) mass is 271 g/mol. The number of nitrogens with two attached hydrogens (primary N) is 1. The second-order valence-electron chi connectivity index (χ2n) is 4.62. The molecule has 0 bridgehead atoms. The predicted molar refractivity (Wildman–Crippen MR) is 74.2 cm³/mol. The minimum absolute atomic E-state index is 0.0875. The highest BCUT2D eigenvalue weighted by Gasteiger charge is 2.22. The van der Waals surface area contributed by atoms with Crippen molar-refractivity contribution < 1.29 is 8.42 Å². The lowest BCUT2D eigenvalue weighted by Crippen LogP contribution is -2.42. The van der Waals surface area contributed by atoms with Gasteiger partial charge in [0, 0.05) is 24.8 Å². The Balaban J connectivity index is 2.85. The summed E-state index contributed by atoms with van der Waals surface area (Å²) in [5.41, 5.74) is 7.14. The molecule has 1 atom stereocenters. The molecule has 0 fully saturated rings. The summed E-state index contributed by atoms with van der Waals surface area (Å²) < 4.78 is 28.0. The summed E-state index contributed by atoms with van der Waals surface area (Å²) in [6.07, 6.45) is 0. The molecule has 0 radical (unpaired) electrons. The Morgan fingerprint density at radius 2 is 1.89 bits per heavy atom. The van der Waals surface area contributed by atoms with Gasteiger partial charge in [0.25, 0.3) is 10.2 Å². The molecule has 0 amide bonds. The first-order chi connectivity index (χ1) is 8.24. The number of nitrogen functional groups attached to an aromatic ring is 1. The van der Waals surface area contributed by atoms with Gasteiger partial charge < -0.3 is 5.73 Å². The van der Waals surface area contributed by atoms with Crippen molar-refractivity contribution in [2.45, 2.75) is 32.9 Å². The van der Waals surface area contributed by atoms with Gasteiger partial charge in [-0.2, -0.15) is 17.4 Å². The third kappa shape index (κ3) is 3.69. The third-order valence-electron chi connectivity index (χ3n) is 2.84. The van der Waals surface area contributed by atoms with E-state index in [1.165, 1.54) is 4.31 Å². The molecule has 1 aromatic rings. The van der Waals surface area contributed by atoms with Gasteiger partial charge in [0.1, 0.15) is 0 Å². The Kier molecular flexibility index (Phi) is 4.72. The normalized spacial score (nSPS) is 14.1. The zero-order chi connectivity index (χ0) is 13.9. The molecular weight excluding hydrogens is 250 g/mol. The van der Waals surface area contributed by atoms with Crippen molar-refractivity contribution >= 4 is 15.9 Å². The van der Waals surface area contributed by atoms with Crippen molar-refractivity contribution in [3.63, 3.8) is 0 Å². The predicted octanol–water partition coefficient (Wildman–Crippen LogP) is 1.50. The number of nitrogens with zero attached hydrogens (tertiary/aromatic N) is 1. The van der Waals surface area contributed by atoms with Crippen LogP contribution < -0.4 is 10.5 Å². The van der Waals surface area contributed by atoms with Gasteiger partial charge in [-0.25, -0.2) is 0 Å². The number of hydrogen-bond donors (Lipinski definition) is 2. The average Bonchev–Trinajstić information content (AvgIpc) is 2.27. The SMILES string of the molecule is CC(NS(=O)(=O)N(C)C(C)C)c1cccc(N)c1. The average molecular weight is 271 g/mol. The number of anilines is 1. The van der Waals surface area contributed by atoms with Crippen LogP contribution in [-0.2, 0) is 10.2 Å². The van der Waals surface area contributed by atoms with Crippen LogP contribution in [0, 0.1) is 0 Å². The number of benzene rings is 1. The summed E-state index contributed by atoms with van der Waals surface area (Å²) in [5.74, 6) is 0. The molecule has 0 saturated heterocycles. The summed E-state index contributed by atoms with van der Waals surface area (Å²) in [4.78, 5) is 0. The summed E-state index contributed by atoms with van der Waals surface area (Å²) in [7, 11) is -1.92. The molecule has 0 aromatic heterocycles. The Bertz CT molecular complexity index is 500. The Morgan fingerprint density at radius 1 is 1.28 bits per heavy atom. The maximum atomic E-state index is 12.0. The quantitative estimate of drug-likeness (QED) is 0.797. The van der Waals surface area contributed by atoms with Crippen LogP contribution in [0.15, 0.2) is 24.3 Å². The highest BCUT2D eigenvalue weighted by molar-refractivity contribution is 7.87. The number of hydrogen-bond acceptors (Lipinski definition) is 3. The van der Waals surface area contributed by atoms with Gasteiger partial charge >= 0.3 is 0 Å². The summed E-state index contributed by atoms with van der Waals surface area (Å²) in [6.45, 7) is 5.44. The van der Waals surface area contributed by atoms with Gasteiger partial charge in [0.2, 0.25) is 0 Å². The van der Waals surface area contributed by atoms with E-state index in [2.05, 4.69) is 4.72 Å². The van der Waals surface area contributed by atoms with E-state index in [9.17, 15) is 8.42 Å². The highest BCUT2D eigenvalue weighted by Crippen LogP contribution is 2.17. The van der Waals surface area contributed by atoms with Crippen LogP contribution in [0.25, 0.3) is 0 Å². The van der Waals surface area contributed by atoms with E-state index in [4.69, 9.17) is 5.73 Å². The lowest BCUT2D eigenvalue weighted by Gasteiger charge is -2.24. The molecule has 0 aliphatic heterocycles. The molecule has 0 spiro atoms. The summed E-state index contributed by atoms with van der Waals surface area (Å²) in [5, 5.41) is 0. The Morgan fingerprint density at radius 3 is 2.39 bits per heavy atom. The van der Waals surface area contributed by atoms with E-state index in [-0.39, 0.29) is 12.1 Å². The molecule has 0 aliphatic carbocycles. The maximum Gasteiger partial charge on any atom is 0.279 e. The molecule has 102 valence electrons. The second kappa shape index (κ2) is 5.69.